The van der Waals surface area contributed by atoms with Crippen molar-refractivity contribution in [2.75, 3.05) is 0 Å². The van der Waals surface area contributed by atoms with Crippen molar-refractivity contribution in [1.82, 2.24) is 24.6 Å². The molecule has 4 aromatic rings. The number of hydrogen-bond donors (Lipinski definition) is 0. The van der Waals surface area contributed by atoms with Crippen LogP contribution in [0.1, 0.15) is 5.69 Å². The van der Waals surface area contributed by atoms with Crippen LogP contribution in [-0.4, -0.2) is 24.6 Å². The lowest BCUT2D eigenvalue weighted by molar-refractivity contribution is 0.584. The third-order valence-electron chi connectivity index (χ3n) is 3.51. The molecule has 0 saturated heterocycles. The highest BCUT2D eigenvalue weighted by Crippen LogP contribution is 2.26. The number of rotatable bonds is 1. The summed E-state index contributed by atoms with van der Waals surface area (Å²) in [6.45, 7) is 1.88. The van der Waals surface area contributed by atoms with E-state index in [1.807, 2.05) is 29.5 Å². The van der Waals surface area contributed by atoms with Gasteiger partial charge in [-0.1, -0.05) is 6.07 Å². The number of pyridine rings is 1. The number of benzene rings is 1. The van der Waals surface area contributed by atoms with Gasteiger partial charge in [0.15, 0.2) is 10.4 Å². The predicted octanol–water partition coefficient (Wildman–Crippen LogP) is 3.55. The van der Waals surface area contributed by atoms with Crippen LogP contribution < -0.4 is 0 Å². The number of nitrogens with zero attached hydrogens (tertiary/aromatic N) is 5. The second kappa shape index (κ2) is 4.81. The van der Waals surface area contributed by atoms with Crippen molar-refractivity contribution in [1.29, 1.82) is 0 Å². The van der Waals surface area contributed by atoms with Crippen molar-refractivity contribution in [3.63, 3.8) is 0 Å². The van der Waals surface area contributed by atoms with Gasteiger partial charge in [0.25, 0.3) is 0 Å². The van der Waals surface area contributed by atoms with Gasteiger partial charge in [-0.05, 0) is 52.7 Å². The molecule has 7 heteroatoms. The molecule has 5 nitrogen and oxygen atoms in total. The molecule has 0 atom stereocenters. The van der Waals surface area contributed by atoms with Gasteiger partial charge >= 0.3 is 0 Å². The molecule has 1 aromatic carbocycles. The Bertz CT molecular complexity index is 1010. The van der Waals surface area contributed by atoms with Crippen LogP contribution in [-0.2, 0) is 0 Å². The van der Waals surface area contributed by atoms with E-state index in [4.69, 9.17) is 0 Å². The Balaban J connectivity index is 2.03. The number of fused-ring (bicyclic) bond motifs is 3. The van der Waals surface area contributed by atoms with Crippen LogP contribution in [0.5, 0.6) is 0 Å². The van der Waals surface area contributed by atoms with E-state index in [0.29, 0.717) is 10.4 Å². The first kappa shape index (κ1) is 13.3. The molecule has 0 unspecified atom stereocenters. The van der Waals surface area contributed by atoms with E-state index in [9.17, 15) is 4.39 Å². The predicted molar refractivity (Wildman–Crippen MR) is 83.9 cm³/mol. The summed E-state index contributed by atoms with van der Waals surface area (Å²) < 4.78 is 15.5. The van der Waals surface area contributed by atoms with E-state index in [1.165, 1.54) is 12.3 Å². The maximum Gasteiger partial charge on any atom is 0.212 e. The Kier molecular flexibility index (Phi) is 2.90. The molecule has 0 aliphatic carbocycles. The van der Waals surface area contributed by atoms with Crippen LogP contribution in [0, 0.1) is 12.9 Å². The summed E-state index contributed by atoms with van der Waals surface area (Å²) in [5, 5.41) is 8.43. The van der Waals surface area contributed by atoms with Crippen molar-refractivity contribution in [3.05, 3.63) is 52.9 Å². The average molecular weight is 358 g/mol. The molecule has 3 heterocycles. The van der Waals surface area contributed by atoms with Gasteiger partial charge in [0.1, 0.15) is 5.52 Å². The molecule has 0 saturated carbocycles. The fourth-order valence-corrected chi connectivity index (χ4v) is 3.06. The third kappa shape index (κ3) is 1.97. The third-order valence-corrected chi connectivity index (χ3v) is 4.04. The Labute approximate surface area is 133 Å². The highest BCUT2D eigenvalue weighted by molar-refractivity contribution is 9.10. The van der Waals surface area contributed by atoms with E-state index in [1.54, 1.807) is 6.07 Å². The molecule has 0 N–H and O–H groups in total. The van der Waals surface area contributed by atoms with Crippen LogP contribution in [0.25, 0.3) is 27.8 Å². The second-order valence-electron chi connectivity index (χ2n) is 4.90. The van der Waals surface area contributed by atoms with Crippen LogP contribution >= 0.6 is 15.9 Å². The zero-order valence-electron chi connectivity index (χ0n) is 11.5. The van der Waals surface area contributed by atoms with E-state index in [0.717, 1.165) is 27.9 Å². The molecule has 0 aliphatic rings. The largest absolute Gasteiger partial charge is 0.268 e. The number of aromatic nitrogens is 5. The lowest BCUT2D eigenvalue weighted by atomic mass is 10.1. The van der Waals surface area contributed by atoms with Crippen LogP contribution in [0.2, 0.25) is 0 Å². The number of imidazole rings is 1. The molecule has 0 radical (unpaired) electrons. The van der Waals surface area contributed by atoms with Gasteiger partial charge in [0, 0.05) is 11.8 Å². The molecule has 0 fully saturated rings. The molecule has 0 aliphatic heterocycles. The lowest BCUT2D eigenvalue weighted by Crippen LogP contribution is -1.96. The standard InChI is InChI=1S/C15H9BrFN5/c1-8-14-21-20-11-4-2-9(10-3-5-13(17)18-7-10)6-12(11)22(14)15(16)19-8/h2-7H,1H3. The van der Waals surface area contributed by atoms with Gasteiger partial charge in [-0.3, -0.25) is 4.40 Å². The second-order valence-corrected chi connectivity index (χ2v) is 5.61. The maximum atomic E-state index is 13.0. The first-order valence-corrected chi connectivity index (χ1v) is 7.36. The minimum absolute atomic E-state index is 0.495. The van der Waals surface area contributed by atoms with Crippen molar-refractivity contribution >= 4 is 32.6 Å². The summed E-state index contributed by atoms with van der Waals surface area (Å²) in [6.07, 6.45) is 1.51. The zero-order chi connectivity index (χ0) is 15.3. The minimum Gasteiger partial charge on any atom is -0.268 e. The smallest absolute Gasteiger partial charge is 0.212 e. The Morgan fingerprint density at radius 1 is 1.09 bits per heavy atom. The van der Waals surface area contributed by atoms with Crippen molar-refractivity contribution in [3.8, 4) is 11.1 Å². The number of aryl methyl sites for hydroxylation is 1. The summed E-state index contributed by atoms with van der Waals surface area (Å²) in [5.74, 6) is -0.495. The van der Waals surface area contributed by atoms with Crippen molar-refractivity contribution < 1.29 is 4.39 Å². The average Bonchev–Trinajstić information content (AvgIpc) is 2.82. The molecular formula is C15H9BrFN5. The monoisotopic (exact) mass is 357 g/mol. The molecule has 108 valence electrons. The fraction of sp³-hybridized carbons (Fsp3) is 0.0667. The Morgan fingerprint density at radius 3 is 2.68 bits per heavy atom. The fourth-order valence-electron chi connectivity index (χ4n) is 2.43. The Hall–Kier alpha value is -2.41. The topological polar surface area (TPSA) is 56.0 Å². The summed E-state index contributed by atoms with van der Waals surface area (Å²) in [6, 6.07) is 8.80. The number of hydrogen-bond acceptors (Lipinski definition) is 4. The highest BCUT2D eigenvalue weighted by atomic mass is 79.9. The first-order valence-electron chi connectivity index (χ1n) is 6.56. The van der Waals surface area contributed by atoms with E-state index < -0.39 is 5.95 Å². The zero-order valence-corrected chi connectivity index (χ0v) is 13.0. The lowest BCUT2D eigenvalue weighted by Gasteiger charge is -2.05. The van der Waals surface area contributed by atoms with Gasteiger partial charge < -0.3 is 0 Å². The molecule has 3 aromatic heterocycles. The summed E-state index contributed by atoms with van der Waals surface area (Å²) in [4.78, 5) is 8.07. The van der Waals surface area contributed by atoms with Gasteiger partial charge in [-0.15, -0.1) is 10.2 Å². The normalized spacial score (nSPS) is 11.4. The van der Waals surface area contributed by atoms with E-state index in [2.05, 4.69) is 36.1 Å². The first-order chi connectivity index (χ1) is 10.6. The van der Waals surface area contributed by atoms with Gasteiger partial charge in [-0.2, -0.15) is 4.39 Å². The maximum absolute atomic E-state index is 13.0. The molecule has 0 amide bonds. The summed E-state index contributed by atoms with van der Waals surface area (Å²) in [7, 11) is 0. The molecule has 0 bridgehead atoms. The van der Waals surface area contributed by atoms with E-state index >= 15 is 0 Å². The van der Waals surface area contributed by atoms with Crippen LogP contribution in [0.4, 0.5) is 4.39 Å². The highest BCUT2D eigenvalue weighted by Gasteiger charge is 2.12. The molecule has 4 rings (SSSR count). The van der Waals surface area contributed by atoms with Gasteiger partial charge in [0.05, 0.1) is 11.2 Å². The van der Waals surface area contributed by atoms with Gasteiger partial charge in [-0.25, -0.2) is 9.97 Å². The molecule has 0 spiro atoms. The summed E-state index contributed by atoms with van der Waals surface area (Å²) >= 11 is 3.45. The Morgan fingerprint density at radius 2 is 1.91 bits per heavy atom. The van der Waals surface area contributed by atoms with Gasteiger partial charge in [0.2, 0.25) is 5.95 Å². The van der Waals surface area contributed by atoms with Crippen molar-refractivity contribution in [2.24, 2.45) is 0 Å². The SMILES string of the molecule is Cc1nc(Br)n2c1nnc1ccc(-c3ccc(F)nc3)cc12. The van der Waals surface area contributed by atoms with Crippen molar-refractivity contribution in [2.45, 2.75) is 6.92 Å². The molecule has 22 heavy (non-hydrogen) atoms. The quantitative estimate of drug-likeness (QED) is 0.489. The number of halogens is 2. The minimum atomic E-state index is -0.495. The van der Waals surface area contributed by atoms with Crippen LogP contribution in [0.15, 0.2) is 41.3 Å². The van der Waals surface area contributed by atoms with Crippen LogP contribution in [0.3, 0.4) is 0 Å². The molecular weight excluding hydrogens is 349 g/mol. The summed E-state index contributed by atoms with van der Waals surface area (Å²) in [5.41, 5.74) is 4.89. The van der Waals surface area contributed by atoms with E-state index in [-0.39, 0.29) is 0 Å².